The fraction of sp³-hybridized carbons (Fsp3) is 0.600. The molecule has 0 bridgehead atoms. The van der Waals surface area contributed by atoms with E-state index in [1.54, 1.807) is 0 Å². The van der Waals surface area contributed by atoms with E-state index in [9.17, 15) is 0 Å². The van der Waals surface area contributed by atoms with E-state index in [0.29, 0.717) is 12.1 Å². The number of hydrogen-bond donors (Lipinski definition) is 1. The highest BCUT2D eigenvalue weighted by molar-refractivity contribution is 6.31. The summed E-state index contributed by atoms with van der Waals surface area (Å²) in [5, 5.41) is 0.842. The molecule has 0 saturated carbocycles. The number of likely N-dealkylation sites (tertiary alicyclic amines) is 1. The van der Waals surface area contributed by atoms with Crippen LogP contribution in [0.1, 0.15) is 43.9 Å². The molecule has 1 fully saturated rings. The van der Waals surface area contributed by atoms with Crippen LogP contribution in [0.15, 0.2) is 18.2 Å². The Labute approximate surface area is 115 Å². The molecule has 2 N–H and O–H groups in total. The minimum atomic E-state index is 0.208. The number of piperidine rings is 1. The van der Waals surface area contributed by atoms with Crippen molar-refractivity contribution in [1.82, 2.24) is 4.90 Å². The molecule has 2 nitrogen and oxygen atoms in total. The second kappa shape index (κ2) is 5.60. The van der Waals surface area contributed by atoms with E-state index in [-0.39, 0.29) is 6.04 Å². The first-order valence-corrected chi connectivity index (χ1v) is 7.16. The first-order chi connectivity index (χ1) is 8.50. The first kappa shape index (κ1) is 13.9. The van der Waals surface area contributed by atoms with E-state index in [0.717, 1.165) is 23.6 Å². The van der Waals surface area contributed by atoms with Crippen LogP contribution >= 0.6 is 11.6 Å². The minimum absolute atomic E-state index is 0.208. The Morgan fingerprint density at radius 2 is 2.11 bits per heavy atom. The van der Waals surface area contributed by atoms with Crippen LogP contribution < -0.4 is 5.73 Å². The Kier molecular flexibility index (Phi) is 4.31. The van der Waals surface area contributed by atoms with E-state index >= 15 is 0 Å². The maximum Gasteiger partial charge on any atom is 0.0502 e. The average molecular weight is 267 g/mol. The molecular formula is C15H23ClN2. The predicted octanol–water partition coefficient (Wildman–Crippen LogP) is 3.52. The molecule has 100 valence electrons. The van der Waals surface area contributed by atoms with E-state index in [4.69, 9.17) is 17.3 Å². The first-order valence-electron chi connectivity index (χ1n) is 6.78. The van der Waals surface area contributed by atoms with Gasteiger partial charge in [0.1, 0.15) is 0 Å². The Hall–Kier alpha value is -0.570. The van der Waals surface area contributed by atoms with Crippen molar-refractivity contribution in [2.45, 2.75) is 51.7 Å². The zero-order valence-electron chi connectivity index (χ0n) is 11.5. The van der Waals surface area contributed by atoms with Crippen molar-refractivity contribution in [3.63, 3.8) is 0 Å². The minimum Gasteiger partial charge on any atom is -0.326 e. The lowest BCUT2D eigenvalue weighted by Crippen LogP contribution is -2.48. The number of nitrogens with two attached hydrogens (primary N) is 1. The van der Waals surface area contributed by atoms with Gasteiger partial charge in [0, 0.05) is 17.1 Å². The molecule has 2 atom stereocenters. The Bertz CT molecular complexity index is 417. The van der Waals surface area contributed by atoms with Crippen molar-refractivity contribution < 1.29 is 0 Å². The zero-order valence-corrected chi connectivity index (χ0v) is 12.2. The van der Waals surface area contributed by atoms with Gasteiger partial charge in [0.15, 0.2) is 0 Å². The van der Waals surface area contributed by atoms with Crippen molar-refractivity contribution in [3.05, 3.63) is 34.3 Å². The molecule has 0 amide bonds. The van der Waals surface area contributed by atoms with Crippen molar-refractivity contribution in [3.8, 4) is 0 Å². The van der Waals surface area contributed by atoms with Gasteiger partial charge < -0.3 is 5.73 Å². The van der Waals surface area contributed by atoms with Crippen LogP contribution in [0.25, 0.3) is 0 Å². The molecular weight excluding hydrogens is 244 g/mol. The van der Waals surface area contributed by atoms with E-state index in [2.05, 4.69) is 36.9 Å². The van der Waals surface area contributed by atoms with Crippen molar-refractivity contribution >= 4 is 11.6 Å². The van der Waals surface area contributed by atoms with Crippen LogP contribution in [0.4, 0.5) is 0 Å². The quantitative estimate of drug-likeness (QED) is 0.888. The molecule has 0 radical (unpaired) electrons. The van der Waals surface area contributed by atoms with Crippen LogP contribution in [-0.4, -0.2) is 23.5 Å². The fourth-order valence-electron chi connectivity index (χ4n) is 2.86. The number of halogens is 1. The Morgan fingerprint density at radius 3 is 2.72 bits per heavy atom. The van der Waals surface area contributed by atoms with Gasteiger partial charge >= 0.3 is 0 Å². The van der Waals surface area contributed by atoms with Crippen molar-refractivity contribution in [2.24, 2.45) is 5.73 Å². The van der Waals surface area contributed by atoms with Crippen LogP contribution in [-0.2, 0) is 0 Å². The largest absolute Gasteiger partial charge is 0.326 e. The van der Waals surface area contributed by atoms with Gasteiger partial charge in [-0.3, -0.25) is 4.90 Å². The summed E-state index contributed by atoms with van der Waals surface area (Å²) in [4.78, 5) is 2.50. The summed E-state index contributed by atoms with van der Waals surface area (Å²) in [6, 6.07) is 7.38. The van der Waals surface area contributed by atoms with Gasteiger partial charge in [-0.15, -0.1) is 0 Å². The van der Waals surface area contributed by atoms with Gasteiger partial charge in [0.25, 0.3) is 0 Å². The van der Waals surface area contributed by atoms with Gasteiger partial charge in [-0.05, 0) is 57.4 Å². The molecule has 1 aliphatic heterocycles. The highest BCUT2D eigenvalue weighted by Crippen LogP contribution is 2.33. The molecule has 1 aliphatic rings. The van der Waals surface area contributed by atoms with E-state index in [1.165, 1.54) is 12.0 Å². The summed E-state index contributed by atoms with van der Waals surface area (Å²) in [6.45, 7) is 7.64. The second-order valence-electron chi connectivity index (χ2n) is 5.59. The molecule has 0 spiro atoms. The summed E-state index contributed by atoms with van der Waals surface area (Å²) in [5.41, 5.74) is 8.72. The summed E-state index contributed by atoms with van der Waals surface area (Å²) < 4.78 is 0. The van der Waals surface area contributed by atoms with E-state index in [1.807, 2.05) is 6.92 Å². The number of benzene rings is 1. The molecule has 1 aromatic rings. The molecule has 0 aliphatic carbocycles. The summed E-state index contributed by atoms with van der Waals surface area (Å²) in [7, 11) is 0. The molecule has 1 heterocycles. The van der Waals surface area contributed by atoms with Gasteiger partial charge in [0.2, 0.25) is 0 Å². The molecule has 2 unspecified atom stereocenters. The van der Waals surface area contributed by atoms with Gasteiger partial charge in [-0.1, -0.05) is 23.7 Å². The molecule has 0 aromatic heterocycles. The standard InChI is InChI=1S/C15H23ClN2/c1-10(2)18-8-4-5-14(17)15(18)12-7-6-11(3)13(16)9-12/h6-7,9-10,14-15H,4-5,8,17H2,1-3H3. The maximum absolute atomic E-state index is 6.34. The predicted molar refractivity (Wildman–Crippen MR) is 78.0 cm³/mol. The number of aryl methyl sites for hydroxylation is 1. The monoisotopic (exact) mass is 266 g/mol. The van der Waals surface area contributed by atoms with Gasteiger partial charge in [0.05, 0.1) is 6.04 Å². The topological polar surface area (TPSA) is 29.3 Å². The molecule has 18 heavy (non-hydrogen) atoms. The van der Waals surface area contributed by atoms with Crippen molar-refractivity contribution in [2.75, 3.05) is 6.54 Å². The Balaban J connectivity index is 2.34. The van der Waals surface area contributed by atoms with Gasteiger partial charge in [-0.2, -0.15) is 0 Å². The second-order valence-corrected chi connectivity index (χ2v) is 6.00. The van der Waals surface area contributed by atoms with Crippen LogP contribution in [0.3, 0.4) is 0 Å². The van der Waals surface area contributed by atoms with Crippen molar-refractivity contribution in [1.29, 1.82) is 0 Å². The SMILES string of the molecule is Cc1ccc(C2C(N)CCCN2C(C)C)cc1Cl. The highest BCUT2D eigenvalue weighted by Gasteiger charge is 2.31. The number of nitrogens with zero attached hydrogens (tertiary/aromatic N) is 1. The third-order valence-corrected chi connectivity index (χ3v) is 4.32. The van der Waals surface area contributed by atoms with Crippen LogP contribution in [0, 0.1) is 6.92 Å². The third-order valence-electron chi connectivity index (χ3n) is 3.92. The smallest absolute Gasteiger partial charge is 0.0502 e. The summed E-state index contributed by atoms with van der Waals surface area (Å²) >= 11 is 6.25. The molecule has 1 saturated heterocycles. The molecule has 1 aromatic carbocycles. The summed E-state index contributed by atoms with van der Waals surface area (Å²) in [6.07, 6.45) is 2.29. The normalized spacial score (nSPS) is 25.7. The summed E-state index contributed by atoms with van der Waals surface area (Å²) in [5.74, 6) is 0. The molecule has 2 rings (SSSR count). The number of rotatable bonds is 2. The van der Waals surface area contributed by atoms with Crippen LogP contribution in [0.2, 0.25) is 5.02 Å². The van der Waals surface area contributed by atoms with Crippen LogP contribution in [0.5, 0.6) is 0 Å². The zero-order chi connectivity index (χ0) is 13.3. The lowest BCUT2D eigenvalue weighted by atomic mass is 9.89. The highest BCUT2D eigenvalue weighted by atomic mass is 35.5. The number of hydrogen-bond acceptors (Lipinski definition) is 2. The Morgan fingerprint density at radius 1 is 1.39 bits per heavy atom. The fourth-order valence-corrected chi connectivity index (χ4v) is 3.05. The third kappa shape index (κ3) is 2.71. The molecule has 3 heteroatoms. The van der Waals surface area contributed by atoms with E-state index < -0.39 is 0 Å². The average Bonchev–Trinajstić information content (AvgIpc) is 2.32. The maximum atomic E-state index is 6.34. The lowest BCUT2D eigenvalue weighted by Gasteiger charge is -2.42. The van der Waals surface area contributed by atoms with Gasteiger partial charge in [-0.25, -0.2) is 0 Å². The lowest BCUT2D eigenvalue weighted by molar-refractivity contribution is 0.0947.